The van der Waals surface area contributed by atoms with Gasteiger partial charge in [-0.05, 0) is 44.1 Å². The summed E-state index contributed by atoms with van der Waals surface area (Å²) in [6, 6.07) is 8.66. The van der Waals surface area contributed by atoms with Gasteiger partial charge in [-0.2, -0.15) is 5.26 Å². The summed E-state index contributed by atoms with van der Waals surface area (Å²) in [5.74, 6) is -1.21. The number of fused-ring (bicyclic) bond motifs is 2. The third-order valence-electron chi connectivity index (χ3n) is 8.99. The van der Waals surface area contributed by atoms with E-state index in [1.807, 2.05) is 32.0 Å². The first-order valence-electron chi connectivity index (χ1n) is 13.4. The minimum absolute atomic E-state index is 0.0383. The van der Waals surface area contributed by atoms with Crippen LogP contribution in [0, 0.1) is 35.0 Å². The first-order chi connectivity index (χ1) is 18.1. The number of esters is 1. The van der Waals surface area contributed by atoms with Crippen LogP contribution in [0.4, 0.5) is 0 Å². The van der Waals surface area contributed by atoms with Crippen LogP contribution in [-0.2, 0) is 33.6 Å². The van der Waals surface area contributed by atoms with Crippen LogP contribution in [0.15, 0.2) is 28.7 Å². The van der Waals surface area contributed by atoms with Gasteiger partial charge in [0.2, 0.25) is 18.0 Å². The van der Waals surface area contributed by atoms with Crippen LogP contribution in [0.1, 0.15) is 70.9 Å². The highest BCUT2D eigenvalue weighted by atomic mass is 79.9. The fourth-order valence-electron chi connectivity index (χ4n) is 6.79. The zero-order valence-corrected chi connectivity index (χ0v) is 23.8. The summed E-state index contributed by atoms with van der Waals surface area (Å²) in [7, 11) is 1.56. The zero-order chi connectivity index (χ0) is 27.2. The van der Waals surface area contributed by atoms with Gasteiger partial charge in [-0.1, -0.05) is 48.0 Å². The van der Waals surface area contributed by atoms with Gasteiger partial charge >= 0.3 is 5.97 Å². The molecule has 5 aliphatic rings. The normalized spacial score (nSPS) is 38.3. The number of carbonyl (C=O) groups is 2. The maximum atomic E-state index is 12.9. The third-order valence-corrected chi connectivity index (χ3v) is 9.71. The number of ether oxygens (including phenoxy) is 3. The Balaban J connectivity index is 1.23. The SMILES string of the molecule is C[C@@H]1CCC2[C@@H](C)[C@H](OC(=O)CCC(=O)N(C)C(C#N)c3ccccc3Br)O[C@@H]3O[C@]4(C)CCC1[C@@]23OO4. The largest absolute Gasteiger partial charge is 0.435 e. The zero-order valence-electron chi connectivity index (χ0n) is 22.2. The summed E-state index contributed by atoms with van der Waals surface area (Å²) in [6.45, 7) is 6.11. The number of benzene rings is 1. The minimum atomic E-state index is -0.908. The molecule has 4 saturated heterocycles. The molecule has 9 atom stereocenters. The first-order valence-corrected chi connectivity index (χ1v) is 14.2. The summed E-state index contributed by atoms with van der Waals surface area (Å²) in [5.41, 5.74) is -0.0448. The number of hydrogen-bond donors (Lipinski definition) is 0. The van der Waals surface area contributed by atoms with E-state index in [9.17, 15) is 14.9 Å². The predicted octanol–water partition coefficient (Wildman–Crippen LogP) is 5.00. The van der Waals surface area contributed by atoms with Crippen LogP contribution in [0.5, 0.6) is 0 Å². The molecule has 4 aliphatic heterocycles. The number of rotatable bonds is 6. The number of nitrogens with zero attached hydrogens (tertiary/aromatic N) is 2. The van der Waals surface area contributed by atoms with Crippen molar-refractivity contribution in [2.45, 2.75) is 89.3 Å². The highest BCUT2D eigenvalue weighted by molar-refractivity contribution is 9.10. The van der Waals surface area contributed by atoms with Gasteiger partial charge in [0, 0.05) is 41.8 Å². The van der Waals surface area contributed by atoms with E-state index in [1.165, 1.54) is 4.90 Å². The Kier molecular flexibility index (Phi) is 7.61. The summed E-state index contributed by atoms with van der Waals surface area (Å²) in [4.78, 5) is 39.1. The molecule has 6 rings (SSSR count). The van der Waals surface area contributed by atoms with Gasteiger partial charge in [-0.25, -0.2) is 9.78 Å². The molecule has 2 bridgehead atoms. The number of halogens is 1. The molecule has 3 unspecified atom stereocenters. The molecule has 9 nitrogen and oxygen atoms in total. The maximum absolute atomic E-state index is 12.9. The van der Waals surface area contributed by atoms with Crippen LogP contribution in [0.25, 0.3) is 0 Å². The predicted molar refractivity (Wildman–Crippen MR) is 137 cm³/mol. The van der Waals surface area contributed by atoms with Gasteiger partial charge in [0.15, 0.2) is 11.9 Å². The van der Waals surface area contributed by atoms with Crippen molar-refractivity contribution in [3.05, 3.63) is 34.3 Å². The van der Waals surface area contributed by atoms with Crippen LogP contribution < -0.4 is 0 Å². The molecule has 38 heavy (non-hydrogen) atoms. The van der Waals surface area contributed by atoms with Gasteiger partial charge < -0.3 is 19.1 Å². The second-order valence-electron chi connectivity index (χ2n) is 11.3. The first kappa shape index (κ1) is 27.5. The molecule has 4 heterocycles. The molecule has 1 spiro atoms. The lowest BCUT2D eigenvalue weighted by molar-refractivity contribution is -0.576. The van der Waals surface area contributed by atoms with E-state index in [0.717, 1.165) is 23.7 Å². The smallest absolute Gasteiger partial charge is 0.308 e. The van der Waals surface area contributed by atoms with Crippen molar-refractivity contribution in [1.82, 2.24) is 4.90 Å². The third kappa shape index (κ3) is 4.66. The van der Waals surface area contributed by atoms with E-state index in [1.54, 1.807) is 13.1 Å². The Bertz CT molecular complexity index is 1130. The molecule has 206 valence electrons. The lowest BCUT2D eigenvalue weighted by Gasteiger charge is -2.59. The molecule has 0 radical (unpaired) electrons. The Morgan fingerprint density at radius 2 is 1.95 bits per heavy atom. The average molecular weight is 591 g/mol. The summed E-state index contributed by atoms with van der Waals surface area (Å²) < 4.78 is 19.1. The molecule has 1 amide bonds. The van der Waals surface area contributed by atoms with Gasteiger partial charge in [-0.15, -0.1) is 0 Å². The van der Waals surface area contributed by atoms with Gasteiger partial charge in [0.05, 0.1) is 12.5 Å². The summed E-state index contributed by atoms with van der Waals surface area (Å²) in [6.07, 6.45) is 1.84. The molecule has 5 fully saturated rings. The number of nitriles is 1. The van der Waals surface area contributed by atoms with Crippen molar-refractivity contribution in [3.8, 4) is 6.07 Å². The van der Waals surface area contributed by atoms with Crippen molar-refractivity contribution < 1.29 is 33.6 Å². The van der Waals surface area contributed by atoms with Crippen LogP contribution in [0.3, 0.4) is 0 Å². The van der Waals surface area contributed by atoms with E-state index >= 15 is 0 Å². The Labute approximate surface area is 231 Å². The summed E-state index contributed by atoms with van der Waals surface area (Å²) in [5, 5.41) is 9.71. The van der Waals surface area contributed by atoms with Crippen LogP contribution >= 0.6 is 15.9 Å². The molecule has 1 aliphatic carbocycles. The van der Waals surface area contributed by atoms with E-state index in [0.29, 0.717) is 17.9 Å². The van der Waals surface area contributed by atoms with Crippen molar-refractivity contribution >= 4 is 27.8 Å². The number of amides is 1. The molecule has 10 heteroatoms. The molecular formula is C28H35BrN2O7. The van der Waals surface area contributed by atoms with Crippen molar-refractivity contribution in [2.24, 2.45) is 23.7 Å². The van der Waals surface area contributed by atoms with Gasteiger partial charge in [0.1, 0.15) is 6.04 Å². The van der Waals surface area contributed by atoms with Crippen LogP contribution in [-0.4, -0.2) is 47.8 Å². The topological polar surface area (TPSA) is 107 Å². The van der Waals surface area contributed by atoms with E-state index < -0.39 is 36.0 Å². The van der Waals surface area contributed by atoms with Crippen molar-refractivity contribution in [2.75, 3.05) is 7.05 Å². The molecular weight excluding hydrogens is 556 g/mol. The molecule has 1 aromatic carbocycles. The second-order valence-corrected chi connectivity index (χ2v) is 12.2. The fourth-order valence-corrected chi connectivity index (χ4v) is 7.29. The highest BCUT2D eigenvalue weighted by Gasteiger charge is 2.69. The van der Waals surface area contributed by atoms with E-state index in [-0.39, 0.29) is 36.5 Å². The van der Waals surface area contributed by atoms with Crippen molar-refractivity contribution in [3.63, 3.8) is 0 Å². The van der Waals surface area contributed by atoms with E-state index in [2.05, 4.69) is 28.9 Å². The fraction of sp³-hybridized carbons (Fsp3) is 0.679. The van der Waals surface area contributed by atoms with Crippen molar-refractivity contribution in [1.29, 1.82) is 5.26 Å². The number of hydrogen-bond acceptors (Lipinski definition) is 8. The Morgan fingerprint density at radius 1 is 1.18 bits per heavy atom. The average Bonchev–Trinajstić information content (AvgIpc) is 3.13. The summed E-state index contributed by atoms with van der Waals surface area (Å²) >= 11 is 3.44. The standard InChI is InChI=1S/C28H35BrN2O7/c1-16-9-10-20-17(2)25(35-26-28(20)19(16)13-14-27(3,36-26)37-38-28)34-24(33)12-11-23(32)31(4)22(15-30)18-7-5-6-8-21(18)29/h5-8,16-17,19-20,22,25-26H,9-14H2,1-4H3/t16-,17-,19?,20?,22?,25-,26-,27+,28-/m1/s1. The quantitative estimate of drug-likeness (QED) is 0.336. The highest BCUT2D eigenvalue weighted by Crippen LogP contribution is 2.60. The molecule has 0 aromatic heterocycles. The lowest BCUT2D eigenvalue weighted by atomic mass is 9.58. The molecule has 0 N–H and O–H groups in total. The Morgan fingerprint density at radius 3 is 2.68 bits per heavy atom. The van der Waals surface area contributed by atoms with E-state index in [4.69, 9.17) is 24.0 Å². The van der Waals surface area contributed by atoms with Gasteiger partial charge in [-0.3, -0.25) is 9.59 Å². The second kappa shape index (κ2) is 10.5. The lowest BCUT2D eigenvalue weighted by Crippen LogP contribution is -2.70. The Hall–Kier alpha value is -2.03. The molecule has 1 aromatic rings. The monoisotopic (exact) mass is 590 g/mol. The maximum Gasteiger partial charge on any atom is 0.308 e. The van der Waals surface area contributed by atoms with Gasteiger partial charge in [0.25, 0.3) is 0 Å². The number of carbonyl (C=O) groups excluding carboxylic acids is 2. The molecule has 1 saturated carbocycles. The minimum Gasteiger partial charge on any atom is -0.435 e. The van der Waals surface area contributed by atoms with Crippen LogP contribution in [0.2, 0.25) is 0 Å².